The molecule has 7 nitrogen and oxygen atoms in total. The Balaban J connectivity index is 1.71. The molecule has 0 atom stereocenters. The summed E-state index contributed by atoms with van der Waals surface area (Å²) in [5.74, 6) is -0.384. The molecule has 142 valence electrons. The normalized spacial score (nSPS) is 14.6. The molecule has 0 radical (unpaired) electrons. The second-order valence-corrected chi connectivity index (χ2v) is 6.34. The zero-order chi connectivity index (χ0) is 19.3. The van der Waals surface area contributed by atoms with E-state index in [1.807, 2.05) is 41.4 Å². The van der Waals surface area contributed by atoms with Gasteiger partial charge in [-0.3, -0.25) is 0 Å². The Labute approximate surface area is 162 Å². The first-order valence-corrected chi connectivity index (χ1v) is 9.07. The number of carboxylic acid groups (broad SMARTS) is 1. The van der Waals surface area contributed by atoms with Crippen LogP contribution in [0, 0.1) is 0 Å². The first-order valence-electron chi connectivity index (χ1n) is 9.07. The predicted molar refractivity (Wildman–Crippen MR) is 105 cm³/mol. The molecule has 3 aromatic rings. The molecule has 1 aliphatic heterocycles. The lowest BCUT2D eigenvalue weighted by atomic mass is 10.1. The van der Waals surface area contributed by atoms with E-state index in [0.717, 1.165) is 30.0 Å². The van der Waals surface area contributed by atoms with Crippen LogP contribution in [0.4, 0.5) is 11.6 Å². The standard InChI is InChI=1S/C21H20N4O3/c26-20(27)17-8-6-16(7-9-17)19-10-11-22-21(23-19)25(18-4-2-1-3-5-18)24-12-14-28-15-13-24/h1-11H,12-15H2,(H,26,27). The average Bonchev–Trinajstić information content (AvgIpc) is 2.76. The fourth-order valence-electron chi connectivity index (χ4n) is 3.12. The summed E-state index contributed by atoms with van der Waals surface area (Å²) in [5, 5.41) is 13.3. The fraction of sp³-hybridized carbons (Fsp3) is 0.190. The molecule has 2 heterocycles. The number of rotatable bonds is 5. The van der Waals surface area contributed by atoms with Gasteiger partial charge in [0, 0.05) is 24.8 Å². The molecule has 0 saturated carbocycles. The Hall–Kier alpha value is -3.29. The highest BCUT2D eigenvalue weighted by atomic mass is 16.5. The van der Waals surface area contributed by atoms with E-state index in [1.165, 1.54) is 0 Å². The van der Waals surface area contributed by atoms with Crippen molar-refractivity contribution in [1.29, 1.82) is 0 Å². The van der Waals surface area contributed by atoms with Crippen molar-refractivity contribution in [2.75, 3.05) is 31.3 Å². The van der Waals surface area contributed by atoms with Crippen LogP contribution in [0.2, 0.25) is 0 Å². The molecule has 0 unspecified atom stereocenters. The number of ether oxygens (including phenoxy) is 1. The number of hydrogen-bond acceptors (Lipinski definition) is 6. The van der Waals surface area contributed by atoms with Crippen molar-refractivity contribution in [3.05, 3.63) is 72.4 Å². The maximum absolute atomic E-state index is 11.1. The lowest BCUT2D eigenvalue weighted by Gasteiger charge is -2.37. The van der Waals surface area contributed by atoms with Crippen molar-refractivity contribution in [2.24, 2.45) is 0 Å². The van der Waals surface area contributed by atoms with E-state index in [2.05, 4.69) is 9.99 Å². The summed E-state index contributed by atoms with van der Waals surface area (Å²) in [5.41, 5.74) is 2.79. The Kier molecular flexibility index (Phi) is 5.27. The maximum Gasteiger partial charge on any atom is 0.335 e. The van der Waals surface area contributed by atoms with Gasteiger partial charge in [0.25, 0.3) is 0 Å². The number of nitrogens with zero attached hydrogens (tertiary/aromatic N) is 4. The van der Waals surface area contributed by atoms with Gasteiger partial charge in [0.1, 0.15) is 0 Å². The third-order valence-corrected chi connectivity index (χ3v) is 4.53. The molecule has 0 amide bonds. The second kappa shape index (κ2) is 8.16. The van der Waals surface area contributed by atoms with E-state index in [-0.39, 0.29) is 5.56 Å². The molecule has 0 bridgehead atoms. The first-order chi connectivity index (χ1) is 13.7. The number of carboxylic acids is 1. The van der Waals surface area contributed by atoms with Gasteiger partial charge in [0.05, 0.1) is 30.2 Å². The number of benzene rings is 2. The van der Waals surface area contributed by atoms with Crippen LogP contribution in [0.5, 0.6) is 0 Å². The van der Waals surface area contributed by atoms with Crippen molar-refractivity contribution < 1.29 is 14.6 Å². The molecule has 7 heteroatoms. The van der Waals surface area contributed by atoms with Crippen LogP contribution in [-0.2, 0) is 4.74 Å². The van der Waals surface area contributed by atoms with Gasteiger partial charge in [0.15, 0.2) is 0 Å². The predicted octanol–water partition coefficient (Wildman–Crippen LogP) is 3.23. The quantitative estimate of drug-likeness (QED) is 0.732. The van der Waals surface area contributed by atoms with Gasteiger partial charge in [-0.1, -0.05) is 30.3 Å². The molecule has 28 heavy (non-hydrogen) atoms. The zero-order valence-electron chi connectivity index (χ0n) is 15.2. The van der Waals surface area contributed by atoms with E-state index >= 15 is 0 Å². The first kappa shape index (κ1) is 18.1. The van der Waals surface area contributed by atoms with Crippen molar-refractivity contribution in [1.82, 2.24) is 15.0 Å². The monoisotopic (exact) mass is 376 g/mol. The minimum atomic E-state index is -0.947. The van der Waals surface area contributed by atoms with Gasteiger partial charge >= 0.3 is 5.97 Å². The summed E-state index contributed by atoms with van der Waals surface area (Å²) in [6.07, 6.45) is 1.72. The van der Waals surface area contributed by atoms with Crippen molar-refractivity contribution in [2.45, 2.75) is 0 Å². The molecule has 4 rings (SSSR count). The molecule has 0 spiro atoms. The zero-order valence-corrected chi connectivity index (χ0v) is 15.2. The number of para-hydroxylation sites is 1. The highest BCUT2D eigenvalue weighted by Crippen LogP contribution is 2.27. The minimum absolute atomic E-state index is 0.247. The molecule has 1 fully saturated rings. The number of hydrazine groups is 1. The van der Waals surface area contributed by atoms with Crippen molar-refractivity contribution >= 4 is 17.6 Å². The molecular weight excluding hydrogens is 356 g/mol. The van der Waals surface area contributed by atoms with E-state index in [4.69, 9.17) is 14.8 Å². The minimum Gasteiger partial charge on any atom is -0.478 e. The van der Waals surface area contributed by atoms with Crippen LogP contribution >= 0.6 is 0 Å². The van der Waals surface area contributed by atoms with E-state index in [1.54, 1.807) is 30.5 Å². The number of morpholine rings is 1. The largest absolute Gasteiger partial charge is 0.478 e. The summed E-state index contributed by atoms with van der Waals surface area (Å²) in [6, 6.07) is 18.5. The summed E-state index contributed by atoms with van der Waals surface area (Å²) >= 11 is 0. The molecule has 1 saturated heterocycles. The van der Waals surface area contributed by atoms with Gasteiger partial charge in [0.2, 0.25) is 5.95 Å². The van der Waals surface area contributed by atoms with Crippen molar-refractivity contribution in [3.63, 3.8) is 0 Å². The molecule has 1 N–H and O–H groups in total. The van der Waals surface area contributed by atoms with Crippen LogP contribution in [0.25, 0.3) is 11.3 Å². The van der Waals surface area contributed by atoms with Crippen LogP contribution < -0.4 is 5.01 Å². The lowest BCUT2D eigenvalue weighted by Crippen LogP contribution is -2.47. The summed E-state index contributed by atoms with van der Waals surface area (Å²) in [7, 11) is 0. The third-order valence-electron chi connectivity index (χ3n) is 4.53. The second-order valence-electron chi connectivity index (χ2n) is 6.34. The number of hydrogen-bond donors (Lipinski definition) is 1. The Morgan fingerprint density at radius 2 is 1.71 bits per heavy atom. The third kappa shape index (κ3) is 3.85. The number of aromatic carboxylic acids is 1. The topological polar surface area (TPSA) is 78.8 Å². The van der Waals surface area contributed by atoms with Crippen LogP contribution in [-0.4, -0.2) is 52.4 Å². The highest BCUT2D eigenvalue weighted by molar-refractivity contribution is 5.88. The molecular formula is C21H20N4O3. The summed E-state index contributed by atoms with van der Waals surface area (Å²) in [6.45, 7) is 2.80. The Morgan fingerprint density at radius 3 is 2.39 bits per heavy atom. The lowest BCUT2D eigenvalue weighted by molar-refractivity contribution is 0.0371. The summed E-state index contributed by atoms with van der Waals surface area (Å²) in [4.78, 5) is 20.3. The molecule has 1 aromatic heterocycles. The van der Waals surface area contributed by atoms with E-state index in [9.17, 15) is 4.79 Å². The Morgan fingerprint density at radius 1 is 1.00 bits per heavy atom. The van der Waals surface area contributed by atoms with Gasteiger partial charge in [-0.15, -0.1) is 0 Å². The summed E-state index contributed by atoms with van der Waals surface area (Å²) < 4.78 is 5.49. The Bertz CT molecular complexity index is 941. The van der Waals surface area contributed by atoms with Crippen LogP contribution in [0.15, 0.2) is 66.9 Å². The highest BCUT2D eigenvalue weighted by Gasteiger charge is 2.23. The molecule has 2 aromatic carbocycles. The van der Waals surface area contributed by atoms with Gasteiger partial charge in [-0.25, -0.2) is 24.8 Å². The number of aromatic nitrogens is 2. The molecule has 1 aliphatic rings. The fourth-order valence-corrected chi connectivity index (χ4v) is 3.12. The maximum atomic E-state index is 11.1. The van der Waals surface area contributed by atoms with Gasteiger partial charge < -0.3 is 9.84 Å². The van der Waals surface area contributed by atoms with Crippen LogP contribution in [0.3, 0.4) is 0 Å². The SMILES string of the molecule is O=C(O)c1ccc(-c2ccnc(N(c3ccccc3)N3CCOCC3)n2)cc1. The van der Waals surface area contributed by atoms with Gasteiger partial charge in [-0.2, -0.15) is 0 Å². The van der Waals surface area contributed by atoms with E-state index < -0.39 is 5.97 Å². The van der Waals surface area contributed by atoms with Crippen LogP contribution in [0.1, 0.15) is 10.4 Å². The van der Waals surface area contributed by atoms with Crippen molar-refractivity contribution in [3.8, 4) is 11.3 Å². The van der Waals surface area contributed by atoms with E-state index in [0.29, 0.717) is 19.2 Å². The number of carbonyl (C=O) groups is 1. The molecule has 0 aliphatic carbocycles. The smallest absolute Gasteiger partial charge is 0.335 e. The van der Waals surface area contributed by atoms with Gasteiger partial charge in [-0.05, 0) is 30.3 Å². The number of anilines is 2. The average molecular weight is 376 g/mol.